The fourth-order valence-corrected chi connectivity index (χ4v) is 3.38. The van der Waals surface area contributed by atoms with Crippen LogP contribution in [0.15, 0.2) is 30.3 Å². The molecular formula is C18H29N3O. The van der Waals surface area contributed by atoms with E-state index in [9.17, 15) is 4.79 Å². The molecule has 122 valence electrons. The molecule has 0 bridgehead atoms. The minimum atomic E-state index is -0.362. The number of hydrogen-bond donors (Lipinski definition) is 1. The van der Waals surface area contributed by atoms with Crippen LogP contribution in [0.3, 0.4) is 0 Å². The first kappa shape index (κ1) is 17.0. The number of carbonyl (C=O) groups excluding carboxylic acids is 1. The van der Waals surface area contributed by atoms with Gasteiger partial charge >= 0.3 is 0 Å². The number of nitrogens with zero attached hydrogens (tertiary/aromatic N) is 2. The Morgan fingerprint density at radius 2 is 2.09 bits per heavy atom. The van der Waals surface area contributed by atoms with Crippen molar-refractivity contribution in [3.63, 3.8) is 0 Å². The van der Waals surface area contributed by atoms with E-state index in [1.54, 1.807) is 0 Å². The second-order valence-corrected chi connectivity index (χ2v) is 6.52. The van der Waals surface area contributed by atoms with Crippen molar-refractivity contribution in [2.24, 2.45) is 11.7 Å². The van der Waals surface area contributed by atoms with E-state index in [0.717, 1.165) is 26.1 Å². The van der Waals surface area contributed by atoms with E-state index in [4.69, 9.17) is 5.73 Å². The van der Waals surface area contributed by atoms with Crippen LogP contribution in [-0.2, 0) is 11.3 Å². The minimum absolute atomic E-state index is 0.0795. The topological polar surface area (TPSA) is 49.6 Å². The lowest BCUT2D eigenvalue weighted by Gasteiger charge is -2.42. The summed E-state index contributed by atoms with van der Waals surface area (Å²) in [7, 11) is 1.91. The highest BCUT2D eigenvalue weighted by Gasteiger charge is 2.32. The van der Waals surface area contributed by atoms with Crippen LogP contribution in [0.25, 0.3) is 0 Å². The van der Waals surface area contributed by atoms with Crippen LogP contribution in [0.5, 0.6) is 0 Å². The van der Waals surface area contributed by atoms with E-state index in [-0.39, 0.29) is 11.9 Å². The Balaban J connectivity index is 1.91. The fourth-order valence-electron chi connectivity index (χ4n) is 3.38. The molecule has 0 spiro atoms. The fraction of sp³-hybridized carbons (Fsp3) is 0.611. The SMILES string of the molecule is CC[C@H](N)C(=O)N(C)[C@@H]1CCN(Cc2ccccc2)C[C@H]1C. The Labute approximate surface area is 134 Å². The molecule has 22 heavy (non-hydrogen) atoms. The van der Waals surface area contributed by atoms with Gasteiger partial charge in [0.05, 0.1) is 6.04 Å². The van der Waals surface area contributed by atoms with Gasteiger partial charge in [-0.15, -0.1) is 0 Å². The van der Waals surface area contributed by atoms with Crippen molar-refractivity contribution in [3.8, 4) is 0 Å². The summed E-state index contributed by atoms with van der Waals surface area (Å²) in [6, 6.07) is 10.5. The number of likely N-dealkylation sites (N-methyl/N-ethyl adjacent to an activating group) is 1. The van der Waals surface area contributed by atoms with Gasteiger partial charge in [0, 0.05) is 32.7 Å². The molecule has 1 amide bonds. The summed E-state index contributed by atoms with van der Waals surface area (Å²) in [6.45, 7) is 7.25. The summed E-state index contributed by atoms with van der Waals surface area (Å²) in [6.07, 6.45) is 1.72. The smallest absolute Gasteiger partial charge is 0.239 e. The largest absolute Gasteiger partial charge is 0.341 e. The Morgan fingerprint density at radius 1 is 1.41 bits per heavy atom. The number of nitrogens with two attached hydrogens (primary N) is 1. The van der Waals surface area contributed by atoms with Crippen molar-refractivity contribution < 1.29 is 4.79 Å². The lowest BCUT2D eigenvalue weighted by atomic mass is 9.91. The summed E-state index contributed by atoms with van der Waals surface area (Å²) in [5, 5.41) is 0. The van der Waals surface area contributed by atoms with Crippen LogP contribution in [-0.4, -0.2) is 47.9 Å². The molecule has 0 saturated carbocycles. The van der Waals surface area contributed by atoms with E-state index in [1.165, 1.54) is 5.56 Å². The number of likely N-dealkylation sites (tertiary alicyclic amines) is 1. The summed E-state index contributed by atoms with van der Waals surface area (Å²) < 4.78 is 0. The molecule has 2 rings (SSSR count). The van der Waals surface area contributed by atoms with Gasteiger partial charge < -0.3 is 10.6 Å². The van der Waals surface area contributed by atoms with Gasteiger partial charge in [-0.05, 0) is 24.3 Å². The Morgan fingerprint density at radius 3 is 2.68 bits per heavy atom. The maximum absolute atomic E-state index is 12.3. The highest BCUT2D eigenvalue weighted by Crippen LogP contribution is 2.23. The summed E-state index contributed by atoms with van der Waals surface area (Å²) >= 11 is 0. The average Bonchev–Trinajstić information content (AvgIpc) is 2.54. The second kappa shape index (κ2) is 7.75. The van der Waals surface area contributed by atoms with Crippen molar-refractivity contribution in [1.29, 1.82) is 0 Å². The van der Waals surface area contributed by atoms with Crippen LogP contribution in [0.4, 0.5) is 0 Å². The Hall–Kier alpha value is -1.39. The molecule has 4 heteroatoms. The lowest BCUT2D eigenvalue weighted by Crippen LogP contribution is -2.53. The van der Waals surface area contributed by atoms with Gasteiger partial charge in [0.25, 0.3) is 0 Å². The molecule has 4 nitrogen and oxygen atoms in total. The highest BCUT2D eigenvalue weighted by atomic mass is 16.2. The molecule has 1 saturated heterocycles. The maximum atomic E-state index is 12.3. The van der Waals surface area contributed by atoms with E-state index in [2.05, 4.69) is 42.2 Å². The zero-order chi connectivity index (χ0) is 16.1. The number of hydrogen-bond acceptors (Lipinski definition) is 3. The van der Waals surface area contributed by atoms with Crippen LogP contribution in [0.2, 0.25) is 0 Å². The summed E-state index contributed by atoms with van der Waals surface area (Å²) in [5.41, 5.74) is 7.25. The predicted molar refractivity (Wildman–Crippen MR) is 90.3 cm³/mol. The summed E-state index contributed by atoms with van der Waals surface area (Å²) in [4.78, 5) is 16.6. The first-order valence-electron chi connectivity index (χ1n) is 8.31. The predicted octanol–water partition coefficient (Wildman–Crippen LogP) is 2.09. The molecule has 1 aliphatic rings. The number of amides is 1. The van der Waals surface area contributed by atoms with Gasteiger partial charge in [0.15, 0.2) is 0 Å². The van der Waals surface area contributed by atoms with Crippen molar-refractivity contribution in [1.82, 2.24) is 9.80 Å². The molecule has 1 aliphatic heterocycles. The maximum Gasteiger partial charge on any atom is 0.239 e. The van der Waals surface area contributed by atoms with Gasteiger partial charge in [-0.25, -0.2) is 0 Å². The number of benzene rings is 1. The first-order chi connectivity index (χ1) is 10.5. The average molecular weight is 303 g/mol. The molecule has 0 unspecified atom stereocenters. The molecule has 2 N–H and O–H groups in total. The van der Waals surface area contributed by atoms with Gasteiger partial charge in [0.2, 0.25) is 5.91 Å². The number of rotatable bonds is 5. The molecule has 1 aromatic rings. The minimum Gasteiger partial charge on any atom is -0.341 e. The van der Waals surface area contributed by atoms with Gasteiger partial charge in [-0.1, -0.05) is 44.2 Å². The number of piperidine rings is 1. The normalized spacial score (nSPS) is 24.0. The first-order valence-corrected chi connectivity index (χ1v) is 8.31. The Bertz CT molecular complexity index is 476. The number of carbonyl (C=O) groups is 1. The van der Waals surface area contributed by atoms with Crippen molar-refractivity contribution in [2.45, 2.75) is 45.3 Å². The quantitative estimate of drug-likeness (QED) is 0.906. The standard InChI is InChI=1S/C18H29N3O/c1-4-16(19)18(22)20(3)17-10-11-21(12-14(17)2)13-15-8-6-5-7-9-15/h5-9,14,16-17H,4,10-13,19H2,1-3H3/t14-,16+,17-/m1/s1. The molecule has 1 fully saturated rings. The molecule has 0 aromatic heterocycles. The van der Waals surface area contributed by atoms with Crippen LogP contribution in [0, 0.1) is 5.92 Å². The zero-order valence-corrected chi connectivity index (χ0v) is 14.0. The second-order valence-electron chi connectivity index (χ2n) is 6.52. The van der Waals surface area contributed by atoms with Crippen molar-refractivity contribution >= 4 is 5.91 Å². The highest BCUT2D eigenvalue weighted by molar-refractivity contribution is 5.81. The third-order valence-corrected chi connectivity index (χ3v) is 4.80. The molecule has 0 radical (unpaired) electrons. The lowest BCUT2D eigenvalue weighted by molar-refractivity contribution is -0.135. The van der Waals surface area contributed by atoms with Crippen LogP contribution >= 0.6 is 0 Å². The van der Waals surface area contributed by atoms with Gasteiger partial charge in [-0.3, -0.25) is 9.69 Å². The molecular weight excluding hydrogens is 274 g/mol. The van der Waals surface area contributed by atoms with E-state index < -0.39 is 0 Å². The van der Waals surface area contributed by atoms with Crippen molar-refractivity contribution in [3.05, 3.63) is 35.9 Å². The van der Waals surface area contributed by atoms with Crippen LogP contribution < -0.4 is 5.73 Å². The molecule has 1 aromatic carbocycles. The van der Waals surface area contributed by atoms with Crippen molar-refractivity contribution in [2.75, 3.05) is 20.1 Å². The van der Waals surface area contributed by atoms with Crippen LogP contribution in [0.1, 0.15) is 32.3 Å². The molecule has 0 aliphatic carbocycles. The third-order valence-electron chi connectivity index (χ3n) is 4.80. The van der Waals surface area contributed by atoms with E-state index >= 15 is 0 Å². The van der Waals surface area contributed by atoms with E-state index in [1.807, 2.05) is 18.9 Å². The van der Waals surface area contributed by atoms with Gasteiger partial charge in [0.1, 0.15) is 0 Å². The third kappa shape index (κ3) is 4.08. The van der Waals surface area contributed by atoms with Gasteiger partial charge in [-0.2, -0.15) is 0 Å². The monoisotopic (exact) mass is 303 g/mol. The van der Waals surface area contributed by atoms with E-state index in [0.29, 0.717) is 18.4 Å². The summed E-state index contributed by atoms with van der Waals surface area (Å²) in [5.74, 6) is 0.548. The zero-order valence-electron chi connectivity index (χ0n) is 14.0. The molecule has 1 heterocycles. The Kier molecular flexibility index (Phi) is 5.98. The molecule has 3 atom stereocenters.